The van der Waals surface area contributed by atoms with Crippen LogP contribution in [0.1, 0.15) is 67.2 Å². The second-order valence-corrected chi connectivity index (χ2v) is 9.32. The Kier molecular flexibility index (Phi) is 5.86. The van der Waals surface area contributed by atoms with Gasteiger partial charge in [0, 0.05) is 12.5 Å². The van der Waals surface area contributed by atoms with Crippen LogP contribution in [0.2, 0.25) is 0 Å². The first-order chi connectivity index (χ1) is 15.6. The van der Waals surface area contributed by atoms with E-state index in [1.165, 1.54) is 12.5 Å². The first-order valence-electron chi connectivity index (χ1n) is 11.0. The molecular formula is C29H27NO3. The molecule has 3 aromatic rings. The van der Waals surface area contributed by atoms with Crippen LogP contribution in [0.3, 0.4) is 0 Å². The summed E-state index contributed by atoms with van der Waals surface area (Å²) in [7, 11) is 0. The van der Waals surface area contributed by atoms with Gasteiger partial charge in [0.25, 0.3) is 0 Å². The highest BCUT2D eigenvalue weighted by Crippen LogP contribution is 2.45. The fourth-order valence-corrected chi connectivity index (χ4v) is 4.03. The summed E-state index contributed by atoms with van der Waals surface area (Å²) in [5.74, 6) is -0.835. The van der Waals surface area contributed by atoms with Crippen LogP contribution < -0.4 is 0 Å². The van der Waals surface area contributed by atoms with Crippen LogP contribution in [-0.2, 0) is 15.0 Å². The monoisotopic (exact) mass is 437 g/mol. The van der Waals surface area contributed by atoms with Gasteiger partial charge in [-0.3, -0.25) is 4.79 Å². The molecule has 0 unspecified atom stereocenters. The lowest BCUT2D eigenvalue weighted by molar-refractivity contribution is -0.140. The fraction of sp³-hybridized carbons (Fsp3) is 0.207. The quantitative estimate of drug-likeness (QED) is 0.155. The van der Waals surface area contributed by atoms with E-state index < -0.39 is 5.97 Å². The van der Waals surface area contributed by atoms with Crippen molar-refractivity contribution in [1.82, 2.24) is 0 Å². The zero-order valence-corrected chi connectivity index (χ0v) is 19.6. The Morgan fingerprint density at radius 2 is 1.45 bits per heavy atom. The minimum Gasteiger partial charge on any atom is -0.318 e. The summed E-state index contributed by atoms with van der Waals surface area (Å²) in [6.07, 6.45) is 2.17. The Labute approximate surface area is 194 Å². The number of oxime groups is 1. The molecule has 0 aliphatic heterocycles. The van der Waals surface area contributed by atoms with Crippen LogP contribution in [0.4, 0.5) is 0 Å². The minimum absolute atomic E-state index is 0.0962. The number of carbonyl (C=O) groups excluding carboxylic acids is 2. The van der Waals surface area contributed by atoms with Gasteiger partial charge in [0.15, 0.2) is 0 Å². The first-order valence-corrected chi connectivity index (χ1v) is 11.0. The van der Waals surface area contributed by atoms with Crippen LogP contribution in [0.5, 0.6) is 0 Å². The van der Waals surface area contributed by atoms with Crippen molar-refractivity contribution in [2.45, 2.75) is 40.0 Å². The van der Waals surface area contributed by atoms with E-state index in [2.05, 4.69) is 73.2 Å². The third-order valence-corrected chi connectivity index (χ3v) is 5.81. The van der Waals surface area contributed by atoms with E-state index in [0.29, 0.717) is 5.56 Å². The van der Waals surface area contributed by atoms with Crippen LogP contribution >= 0.6 is 0 Å². The molecule has 0 saturated heterocycles. The third-order valence-electron chi connectivity index (χ3n) is 5.81. The predicted octanol–water partition coefficient (Wildman–Crippen LogP) is 6.68. The SMILES string of the molecule is CC(=O)O/N=C(/C)C(=O)c1ccc2c(c1)/C(=C\c1ccc(C(C)(C)C)cc1)c1ccccc1-2. The molecule has 0 radical (unpaired) electrons. The summed E-state index contributed by atoms with van der Waals surface area (Å²) in [4.78, 5) is 28.6. The van der Waals surface area contributed by atoms with Crippen molar-refractivity contribution in [3.63, 3.8) is 0 Å². The van der Waals surface area contributed by atoms with Gasteiger partial charge >= 0.3 is 5.97 Å². The number of carbonyl (C=O) groups is 2. The molecule has 0 atom stereocenters. The smallest absolute Gasteiger partial charge is 0.318 e. The lowest BCUT2D eigenvalue weighted by atomic mass is 9.86. The molecule has 0 aromatic heterocycles. The van der Waals surface area contributed by atoms with Gasteiger partial charge in [0.05, 0.1) is 0 Å². The zero-order chi connectivity index (χ0) is 23.8. The summed E-state index contributed by atoms with van der Waals surface area (Å²) < 4.78 is 0. The molecule has 1 aliphatic rings. The van der Waals surface area contributed by atoms with E-state index in [4.69, 9.17) is 0 Å². The van der Waals surface area contributed by atoms with Crippen molar-refractivity contribution >= 4 is 29.1 Å². The molecule has 166 valence electrons. The van der Waals surface area contributed by atoms with Crippen molar-refractivity contribution in [1.29, 1.82) is 0 Å². The van der Waals surface area contributed by atoms with Gasteiger partial charge in [0.2, 0.25) is 5.78 Å². The van der Waals surface area contributed by atoms with Gasteiger partial charge < -0.3 is 4.84 Å². The van der Waals surface area contributed by atoms with Crippen molar-refractivity contribution in [2.24, 2.45) is 5.16 Å². The molecule has 4 rings (SSSR count). The number of hydrogen-bond donors (Lipinski definition) is 0. The second kappa shape index (κ2) is 8.62. The molecule has 4 nitrogen and oxygen atoms in total. The summed E-state index contributed by atoms with van der Waals surface area (Å²) in [6.45, 7) is 9.40. The van der Waals surface area contributed by atoms with Gasteiger partial charge in [-0.15, -0.1) is 0 Å². The summed E-state index contributed by atoms with van der Waals surface area (Å²) in [6, 6.07) is 22.6. The molecule has 3 aromatic carbocycles. The average Bonchev–Trinajstić information content (AvgIpc) is 3.09. The molecule has 33 heavy (non-hydrogen) atoms. The maximum Gasteiger partial charge on any atom is 0.331 e. The van der Waals surface area contributed by atoms with Crippen LogP contribution in [0.25, 0.3) is 22.8 Å². The standard InChI is InChI=1S/C29H27NO3/c1-18(30-33-19(2)31)28(32)21-12-15-25-23-8-6-7-9-24(23)26(27(25)17-21)16-20-10-13-22(14-11-20)29(3,4)5/h6-17H,1-5H3/b26-16-,30-18-. The molecule has 0 amide bonds. The zero-order valence-electron chi connectivity index (χ0n) is 19.6. The highest BCUT2D eigenvalue weighted by Gasteiger charge is 2.25. The van der Waals surface area contributed by atoms with E-state index >= 15 is 0 Å². The van der Waals surface area contributed by atoms with Gasteiger partial charge in [-0.1, -0.05) is 86.6 Å². The van der Waals surface area contributed by atoms with Crippen LogP contribution in [0.15, 0.2) is 71.9 Å². The lowest BCUT2D eigenvalue weighted by Crippen LogP contribution is -2.12. The van der Waals surface area contributed by atoms with Gasteiger partial charge in [-0.2, -0.15) is 0 Å². The molecule has 0 saturated carbocycles. The maximum atomic E-state index is 12.9. The number of fused-ring (bicyclic) bond motifs is 3. The second-order valence-electron chi connectivity index (χ2n) is 9.32. The number of benzene rings is 3. The molecule has 0 heterocycles. The summed E-state index contributed by atoms with van der Waals surface area (Å²) in [5, 5.41) is 3.65. The Balaban J connectivity index is 1.78. The summed E-state index contributed by atoms with van der Waals surface area (Å²) in [5.41, 5.74) is 8.57. The number of ketones is 1. The molecule has 1 aliphatic carbocycles. The Hall–Kier alpha value is -3.79. The highest BCUT2D eigenvalue weighted by atomic mass is 16.7. The normalized spacial score (nSPS) is 14.1. The highest BCUT2D eigenvalue weighted by molar-refractivity contribution is 6.45. The molecule has 0 fully saturated rings. The van der Waals surface area contributed by atoms with Crippen molar-refractivity contribution < 1.29 is 14.4 Å². The molecule has 0 spiro atoms. The van der Waals surface area contributed by atoms with Crippen molar-refractivity contribution in [3.8, 4) is 11.1 Å². The van der Waals surface area contributed by atoms with Gasteiger partial charge in [0.1, 0.15) is 5.71 Å². The van der Waals surface area contributed by atoms with E-state index in [1.54, 1.807) is 13.0 Å². The average molecular weight is 438 g/mol. The Morgan fingerprint density at radius 1 is 0.818 bits per heavy atom. The number of Topliss-reactive ketones (excluding diaryl/α,β-unsaturated/α-hetero) is 1. The molecule has 0 N–H and O–H groups in total. The number of hydrogen-bond acceptors (Lipinski definition) is 4. The van der Waals surface area contributed by atoms with Crippen LogP contribution in [0, 0.1) is 0 Å². The summed E-state index contributed by atoms with van der Waals surface area (Å²) >= 11 is 0. The predicted molar refractivity (Wildman–Crippen MR) is 133 cm³/mol. The van der Waals surface area contributed by atoms with E-state index in [-0.39, 0.29) is 16.9 Å². The van der Waals surface area contributed by atoms with E-state index in [0.717, 1.165) is 33.4 Å². The largest absolute Gasteiger partial charge is 0.331 e. The topological polar surface area (TPSA) is 55.7 Å². The minimum atomic E-state index is -0.561. The molecule has 4 heteroatoms. The van der Waals surface area contributed by atoms with Gasteiger partial charge in [-0.25, -0.2) is 4.79 Å². The van der Waals surface area contributed by atoms with E-state index in [1.807, 2.05) is 24.3 Å². The van der Waals surface area contributed by atoms with Crippen LogP contribution in [-0.4, -0.2) is 17.5 Å². The first kappa shape index (κ1) is 22.4. The van der Waals surface area contributed by atoms with Crippen molar-refractivity contribution in [2.75, 3.05) is 0 Å². The molecule has 0 bridgehead atoms. The lowest BCUT2D eigenvalue weighted by Gasteiger charge is -2.18. The third kappa shape index (κ3) is 4.56. The fourth-order valence-electron chi connectivity index (χ4n) is 4.03. The maximum absolute atomic E-state index is 12.9. The van der Waals surface area contributed by atoms with E-state index in [9.17, 15) is 9.59 Å². The molecular weight excluding hydrogens is 410 g/mol. The Morgan fingerprint density at radius 3 is 2.09 bits per heavy atom. The Bertz CT molecular complexity index is 1310. The van der Waals surface area contributed by atoms with Crippen molar-refractivity contribution in [3.05, 3.63) is 94.5 Å². The van der Waals surface area contributed by atoms with Gasteiger partial charge in [-0.05, 0) is 63.4 Å². The number of nitrogens with zero attached hydrogens (tertiary/aromatic N) is 1. The number of rotatable bonds is 4.